The van der Waals surface area contributed by atoms with E-state index in [0.29, 0.717) is 0 Å². The van der Waals surface area contributed by atoms with Crippen LogP contribution in [0.15, 0.2) is 0 Å². The van der Waals surface area contributed by atoms with Gasteiger partial charge in [-0.25, -0.2) is 0 Å². The van der Waals surface area contributed by atoms with Crippen molar-refractivity contribution in [3.63, 3.8) is 0 Å². The Morgan fingerprint density at radius 2 is 2.11 bits per heavy atom. The smallest absolute Gasteiger partial charge is 0.0638 e. The molecule has 0 saturated carbocycles. The summed E-state index contributed by atoms with van der Waals surface area (Å²) in [5.41, 5.74) is 0.308. The second kappa shape index (κ2) is 7.02. The molecule has 0 aliphatic carbocycles. The maximum atomic E-state index is 9.51. The molecule has 0 aromatic rings. The third-order valence-corrected chi connectivity index (χ3v) is 3.58. The first-order chi connectivity index (χ1) is 8.72. The number of ether oxygens (including phenoxy) is 1. The zero-order valence-electron chi connectivity index (χ0n) is 13.3. The van der Waals surface area contributed by atoms with E-state index in [4.69, 9.17) is 4.74 Å². The summed E-state index contributed by atoms with van der Waals surface area (Å²) in [5.74, 6) is 0. The third kappa shape index (κ3) is 6.70. The monoisotopic (exact) mass is 272 g/mol. The zero-order chi connectivity index (χ0) is 14.5. The Labute approximate surface area is 118 Å². The van der Waals surface area contributed by atoms with E-state index in [0.717, 1.165) is 39.3 Å². The van der Waals surface area contributed by atoms with Crippen LogP contribution < -0.4 is 5.32 Å². The summed E-state index contributed by atoms with van der Waals surface area (Å²) >= 11 is 0. The number of rotatable bonds is 6. The molecule has 19 heavy (non-hydrogen) atoms. The maximum Gasteiger partial charge on any atom is 0.0638 e. The van der Waals surface area contributed by atoms with Gasteiger partial charge in [0.05, 0.1) is 12.7 Å². The molecule has 0 bridgehead atoms. The molecule has 2 N–H and O–H groups in total. The van der Waals surface area contributed by atoms with Gasteiger partial charge in [0.1, 0.15) is 0 Å². The van der Waals surface area contributed by atoms with E-state index in [9.17, 15) is 5.11 Å². The van der Waals surface area contributed by atoms with Crippen molar-refractivity contribution in [3.05, 3.63) is 0 Å². The van der Waals surface area contributed by atoms with Crippen molar-refractivity contribution in [1.29, 1.82) is 0 Å². The Morgan fingerprint density at radius 3 is 2.58 bits per heavy atom. The van der Waals surface area contributed by atoms with Crippen LogP contribution in [-0.2, 0) is 4.74 Å². The molecule has 1 aliphatic heterocycles. The maximum absolute atomic E-state index is 9.51. The van der Waals surface area contributed by atoms with E-state index in [2.05, 4.69) is 38.0 Å². The van der Waals surface area contributed by atoms with E-state index in [1.54, 1.807) is 0 Å². The lowest BCUT2D eigenvalue weighted by Gasteiger charge is -2.42. The van der Waals surface area contributed by atoms with Gasteiger partial charge in [0.2, 0.25) is 0 Å². The minimum Gasteiger partial charge on any atom is -0.392 e. The number of nitrogens with one attached hydrogen (secondary N) is 1. The first-order valence-electron chi connectivity index (χ1n) is 7.42. The molecule has 4 nitrogen and oxygen atoms in total. The highest BCUT2D eigenvalue weighted by Gasteiger charge is 2.35. The van der Waals surface area contributed by atoms with Crippen molar-refractivity contribution < 1.29 is 9.84 Å². The molecule has 1 saturated heterocycles. The van der Waals surface area contributed by atoms with Crippen LogP contribution in [0.2, 0.25) is 0 Å². The molecule has 0 aromatic heterocycles. The predicted octanol–water partition coefficient (Wildman–Crippen LogP) is 1.48. The molecule has 114 valence electrons. The van der Waals surface area contributed by atoms with Gasteiger partial charge in [-0.3, -0.25) is 0 Å². The Hall–Kier alpha value is -0.160. The van der Waals surface area contributed by atoms with Gasteiger partial charge >= 0.3 is 0 Å². The molecule has 0 amide bonds. The van der Waals surface area contributed by atoms with Crippen molar-refractivity contribution in [2.45, 2.75) is 52.2 Å². The summed E-state index contributed by atoms with van der Waals surface area (Å²) in [6.45, 7) is 12.8. The molecule has 0 spiro atoms. The van der Waals surface area contributed by atoms with Crippen LogP contribution in [0.1, 0.15) is 40.5 Å². The summed E-state index contributed by atoms with van der Waals surface area (Å²) in [5, 5.41) is 13.1. The van der Waals surface area contributed by atoms with Gasteiger partial charge < -0.3 is 20.1 Å². The van der Waals surface area contributed by atoms with Crippen LogP contribution in [0, 0.1) is 5.41 Å². The zero-order valence-corrected chi connectivity index (χ0v) is 13.3. The van der Waals surface area contributed by atoms with Crippen LogP contribution >= 0.6 is 0 Å². The number of likely N-dealkylation sites (N-methyl/N-ethyl adjacent to an activating group) is 1. The average molecular weight is 272 g/mol. The Balaban J connectivity index is 2.59. The first kappa shape index (κ1) is 16.9. The lowest BCUT2D eigenvalue weighted by molar-refractivity contribution is -0.0293. The SMILES string of the molecule is CC(O)CN(C)CC1(CNC(C)(C)C)CCCOC1. The molecule has 2 unspecified atom stereocenters. The van der Waals surface area contributed by atoms with E-state index in [1.807, 2.05) is 6.92 Å². The van der Waals surface area contributed by atoms with Crippen LogP contribution in [0.25, 0.3) is 0 Å². The Morgan fingerprint density at radius 1 is 1.42 bits per heavy atom. The molecule has 2 atom stereocenters. The lowest BCUT2D eigenvalue weighted by atomic mass is 9.81. The van der Waals surface area contributed by atoms with Crippen molar-refractivity contribution in [2.75, 3.05) is 39.9 Å². The van der Waals surface area contributed by atoms with Crippen LogP contribution in [0.4, 0.5) is 0 Å². The quantitative estimate of drug-likeness (QED) is 0.769. The second-order valence-electron chi connectivity index (χ2n) is 7.31. The number of aliphatic hydroxyl groups excluding tert-OH is 1. The average Bonchev–Trinajstić information content (AvgIpc) is 2.25. The summed E-state index contributed by atoms with van der Waals surface area (Å²) in [6, 6.07) is 0. The fourth-order valence-corrected chi connectivity index (χ4v) is 2.77. The summed E-state index contributed by atoms with van der Waals surface area (Å²) in [6.07, 6.45) is 2.05. The number of hydrogen-bond acceptors (Lipinski definition) is 4. The number of nitrogens with zero attached hydrogens (tertiary/aromatic N) is 1. The molecule has 1 fully saturated rings. The van der Waals surface area contributed by atoms with Gasteiger partial charge in [-0.2, -0.15) is 0 Å². The van der Waals surface area contributed by atoms with Crippen molar-refractivity contribution in [1.82, 2.24) is 10.2 Å². The van der Waals surface area contributed by atoms with Gasteiger partial charge in [-0.15, -0.1) is 0 Å². The predicted molar refractivity (Wildman–Crippen MR) is 79.4 cm³/mol. The molecule has 1 heterocycles. The molecule has 1 aliphatic rings. The topological polar surface area (TPSA) is 44.7 Å². The number of hydrogen-bond donors (Lipinski definition) is 2. The lowest BCUT2D eigenvalue weighted by Crippen LogP contribution is -2.52. The minimum atomic E-state index is -0.276. The number of aliphatic hydroxyl groups is 1. The van der Waals surface area contributed by atoms with Crippen molar-refractivity contribution in [3.8, 4) is 0 Å². The van der Waals surface area contributed by atoms with Gasteiger partial charge in [0.25, 0.3) is 0 Å². The fraction of sp³-hybridized carbons (Fsp3) is 1.00. The normalized spacial score (nSPS) is 26.7. The molecule has 0 aromatic carbocycles. The summed E-state index contributed by atoms with van der Waals surface area (Å²) in [4.78, 5) is 2.23. The molecule has 0 radical (unpaired) electrons. The first-order valence-corrected chi connectivity index (χ1v) is 7.42. The van der Waals surface area contributed by atoms with Gasteiger partial charge in [-0.1, -0.05) is 0 Å². The minimum absolute atomic E-state index is 0.132. The fourth-order valence-electron chi connectivity index (χ4n) is 2.77. The van der Waals surface area contributed by atoms with E-state index >= 15 is 0 Å². The van der Waals surface area contributed by atoms with E-state index < -0.39 is 0 Å². The molecular weight excluding hydrogens is 240 g/mol. The Kier molecular flexibility index (Phi) is 6.24. The standard InChI is InChI=1S/C15H32N2O2/c1-13(18)9-17(5)11-15(7-6-8-19-12-15)10-16-14(2,3)4/h13,16,18H,6-12H2,1-5H3. The van der Waals surface area contributed by atoms with Crippen LogP contribution in [0.3, 0.4) is 0 Å². The van der Waals surface area contributed by atoms with E-state index in [1.165, 1.54) is 6.42 Å². The Bertz CT molecular complexity index is 255. The molecule has 4 heteroatoms. The second-order valence-corrected chi connectivity index (χ2v) is 7.31. The summed E-state index contributed by atoms with van der Waals surface area (Å²) < 4.78 is 5.73. The van der Waals surface area contributed by atoms with Crippen LogP contribution in [0.5, 0.6) is 0 Å². The van der Waals surface area contributed by atoms with Crippen LogP contribution in [-0.4, -0.2) is 61.5 Å². The van der Waals surface area contributed by atoms with Crippen molar-refractivity contribution in [2.24, 2.45) is 5.41 Å². The van der Waals surface area contributed by atoms with Gasteiger partial charge in [0, 0.05) is 37.2 Å². The van der Waals surface area contributed by atoms with E-state index in [-0.39, 0.29) is 17.1 Å². The van der Waals surface area contributed by atoms with Gasteiger partial charge in [-0.05, 0) is 47.6 Å². The molecular formula is C15H32N2O2. The van der Waals surface area contributed by atoms with Crippen molar-refractivity contribution >= 4 is 0 Å². The largest absolute Gasteiger partial charge is 0.392 e. The highest BCUT2D eigenvalue weighted by Crippen LogP contribution is 2.29. The highest BCUT2D eigenvalue weighted by atomic mass is 16.5. The molecule has 1 rings (SSSR count). The van der Waals surface area contributed by atoms with Gasteiger partial charge in [0.15, 0.2) is 0 Å². The third-order valence-electron chi connectivity index (χ3n) is 3.58. The summed E-state index contributed by atoms with van der Waals surface area (Å²) in [7, 11) is 2.08. The highest BCUT2D eigenvalue weighted by molar-refractivity contribution is 4.89.